The number of aromatic hydroxyl groups is 1. The van der Waals surface area contributed by atoms with E-state index in [2.05, 4.69) is 21.6 Å². The molecule has 3 aliphatic rings. The molecule has 12 heteroatoms. The molecular weight excluding hydrogens is 578 g/mol. The number of hydrogen-bond acceptors (Lipinski definition) is 8. The Balaban J connectivity index is 1.27. The highest BCUT2D eigenvalue weighted by Gasteiger charge is 2.51. The van der Waals surface area contributed by atoms with Gasteiger partial charge in [0.05, 0.1) is 18.8 Å². The first-order valence-corrected chi connectivity index (χ1v) is 15.5. The number of benzene rings is 3. The summed E-state index contributed by atoms with van der Waals surface area (Å²) in [6.45, 7) is 0.946. The first-order chi connectivity index (χ1) is 21.2. The molecule has 2 saturated heterocycles. The molecule has 0 radical (unpaired) electrons. The molecule has 6 rings (SSSR count). The lowest BCUT2D eigenvalue weighted by Crippen LogP contribution is -2.65. The van der Waals surface area contributed by atoms with Crippen molar-refractivity contribution in [2.45, 2.75) is 42.1 Å². The molecule has 3 aliphatic heterocycles. The van der Waals surface area contributed by atoms with Crippen molar-refractivity contribution in [3.05, 3.63) is 89.5 Å². The Bertz CT molecular complexity index is 1540. The second-order valence-corrected chi connectivity index (χ2v) is 12.6. The fourth-order valence-electron chi connectivity index (χ4n) is 5.99. The fourth-order valence-corrected chi connectivity index (χ4v) is 7.09. The van der Waals surface area contributed by atoms with Gasteiger partial charge in [-0.25, -0.2) is 4.79 Å². The molecular formula is C32H37N7O4S. The topological polar surface area (TPSA) is 112 Å². The molecule has 3 aromatic rings. The molecule has 4 amide bonds. The van der Waals surface area contributed by atoms with Gasteiger partial charge in [0, 0.05) is 31.5 Å². The number of anilines is 1. The summed E-state index contributed by atoms with van der Waals surface area (Å²) in [6, 6.07) is 21.4. The van der Waals surface area contributed by atoms with E-state index < -0.39 is 12.2 Å². The number of piperazine rings is 1. The molecule has 2 fully saturated rings. The molecule has 0 aromatic heterocycles. The first-order valence-electron chi connectivity index (χ1n) is 14.6. The van der Waals surface area contributed by atoms with Gasteiger partial charge in [-0.15, -0.1) is 0 Å². The van der Waals surface area contributed by atoms with Crippen LogP contribution in [0.3, 0.4) is 0 Å². The lowest BCUT2D eigenvalue weighted by atomic mass is 9.99. The summed E-state index contributed by atoms with van der Waals surface area (Å²) in [5.74, 6) is -0.218. The zero-order valence-electron chi connectivity index (χ0n) is 25.0. The number of urea groups is 1. The number of carbonyl (C=O) groups excluding carboxylic acids is 3. The molecule has 0 saturated carbocycles. The van der Waals surface area contributed by atoms with Crippen LogP contribution in [0.4, 0.5) is 10.5 Å². The molecule has 44 heavy (non-hydrogen) atoms. The number of hydrazine groups is 1. The van der Waals surface area contributed by atoms with Crippen LogP contribution in [0.25, 0.3) is 0 Å². The third-order valence-corrected chi connectivity index (χ3v) is 9.70. The number of thioether (sulfide) groups is 1. The molecule has 3 N–H and O–H groups in total. The molecule has 230 valence electrons. The van der Waals surface area contributed by atoms with Gasteiger partial charge >= 0.3 is 6.03 Å². The number of fused-ring (bicyclic) bond motifs is 2. The van der Waals surface area contributed by atoms with Gasteiger partial charge in [0.15, 0.2) is 0 Å². The van der Waals surface area contributed by atoms with Crippen LogP contribution in [0.5, 0.6) is 5.75 Å². The van der Waals surface area contributed by atoms with E-state index in [1.165, 1.54) is 5.01 Å². The van der Waals surface area contributed by atoms with Crippen molar-refractivity contribution in [1.82, 2.24) is 30.0 Å². The van der Waals surface area contributed by atoms with Crippen molar-refractivity contribution in [2.75, 3.05) is 39.5 Å². The number of nitrogens with one attached hydrogen (secondary N) is 2. The summed E-state index contributed by atoms with van der Waals surface area (Å²) < 4.78 is 0. The average Bonchev–Trinajstić information content (AvgIpc) is 3.61. The lowest BCUT2D eigenvalue weighted by molar-refractivity contribution is -0.157. The van der Waals surface area contributed by atoms with E-state index in [0.717, 1.165) is 27.3 Å². The van der Waals surface area contributed by atoms with Crippen LogP contribution in [-0.2, 0) is 29.1 Å². The SMILES string of the molecule is CN(C)C1Nc2c(CN3C[C@H]4N(C(=O)CN4N(C)C(=O)NCc4ccccc4)[C@@H](Cc4ccc(O)cc4)C3=O)cccc2S1. The first kappa shape index (κ1) is 29.8. The molecule has 0 bridgehead atoms. The predicted molar refractivity (Wildman–Crippen MR) is 168 cm³/mol. The monoisotopic (exact) mass is 615 g/mol. The Hall–Kier alpha value is -4.26. The van der Waals surface area contributed by atoms with E-state index in [1.807, 2.05) is 56.6 Å². The second kappa shape index (κ2) is 12.4. The standard InChI is InChI=1S/C32H37N7O4S/c1-35(2)32-34-29-23(10-7-11-26(29)44-32)18-37-19-27-38(36(3)31(43)33-17-22-8-5-4-6-9-22)20-28(41)39(27)25(30(37)42)16-21-12-14-24(40)15-13-21/h4-15,25,27,32,34,40H,16-20H2,1-3H3,(H,33,43)/t25-,27+,32?/m0/s1. The zero-order chi connectivity index (χ0) is 31.0. The van der Waals surface area contributed by atoms with E-state index in [1.54, 1.807) is 57.9 Å². The van der Waals surface area contributed by atoms with Gasteiger partial charge in [0.1, 0.15) is 23.5 Å². The van der Waals surface area contributed by atoms with Crippen molar-refractivity contribution in [3.63, 3.8) is 0 Å². The smallest absolute Gasteiger partial charge is 0.332 e. The minimum atomic E-state index is -0.759. The Morgan fingerprint density at radius 2 is 1.75 bits per heavy atom. The zero-order valence-corrected chi connectivity index (χ0v) is 25.8. The quantitative estimate of drug-likeness (QED) is 0.355. The number of phenols is 1. The largest absolute Gasteiger partial charge is 0.508 e. The maximum atomic E-state index is 14.2. The number of amides is 4. The van der Waals surface area contributed by atoms with Gasteiger partial charge in [-0.05, 0) is 49.0 Å². The average molecular weight is 616 g/mol. The number of hydrogen-bond donors (Lipinski definition) is 3. The summed E-state index contributed by atoms with van der Waals surface area (Å²) in [5, 5.41) is 19.5. The molecule has 3 aromatic carbocycles. The number of rotatable bonds is 8. The van der Waals surface area contributed by atoms with E-state index in [9.17, 15) is 19.5 Å². The Morgan fingerprint density at radius 3 is 2.48 bits per heavy atom. The van der Waals surface area contributed by atoms with Crippen LogP contribution in [-0.4, -0.2) is 99.6 Å². The lowest BCUT2D eigenvalue weighted by Gasteiger charge is -2.46. The number of carbonyl (C=O) groups is 3. The summed E-state index contributed by atoms with van der Waals surface area (Å²) >= 11 is 1.73. The van der Waals surface area contributed by atoms with E-state index in [0.29, 0.717) is 19.5 Å². The predicted octanol–water partition coefficient (Wildman–Crippen LogP) is 2.94. The second-order valence-electron chi connectivity index (χ2n) is 11.5. The number of nitrogens with zero attached hydrogens (tertiary/aromatic N) is 5. The minimum Gasteiger partial charge on any atom is -0.508 e. The van der Waals surface area contributed by atoms with Crippen molar-refractivity contribution in [3.8, 4) is 5.75 Å². The Kier molecular flexibility index (Phi) is 8.39. The highest BCUT2D eigenvalue weighted by molar-refractivity contribution is 8.00. The highest BCUT2D eigenvalue weighted by Crippen LogP contribution is 2.42. The molecule has 0 aliphatic carbocycles. The fraction of sp³-hybridized carbons (Fsp3) is 0.344. The number of para-hydroxylation sites is 1. The summed E-state index contributed by atoms with van der Waals surface area (Å²) in [4.78, 5) is 47.6. The van der Waals surface area contributed by atoms with Crippen LogP contribution in [0.1, 0.15) is 16.7 Å². The van der Waals surface area contributed by atoms with Crippen LogP contribution < -0.4 is 10.6 Å². The van der Waals surface area contributed by atoms with Gasteiger partial charge in [-0.3, -0.25) is 19.5 Å². The van der Waals surface area contributed by atoms with Gasteiger partial charge in [0.25, 0.3) is 0 Å². The molecule has 3 heterocycles. The molecule has 0 spiro atoms. The molecule has 11 nitrogen and oxygen atoms in total. The van der Waals surface area contributed by atoms with Crippen LogP contribution >= 0.6 is 11.8 Å². The van der Waals surface area contributed by atoms with E-state index >= 15 is 0 Å². The number of phenolic OH excluding ortho intramolecular Hbond substituents is 1. The minimum absolute atomic E-state index is 0.0173. The van der Waals surface area contributed by atoms with Gasteiger partial charge in [0.2, 0.25) is 11.8 Å². The van der Waals surface area contributed by atoms with Crippen molar-refractivity contribution >= 4 is 35.3 Å². The summed E-state index contributed by atoms with van der Waals surface area (Å²) in [5.41, 5.74) is 3.89. The highest BCUT2D eigenvalue weighted by atomic mass is 32.2. The normalized spacial score (nSPS) is 21.3. The van der Waals surface area contributed by atoms with Crippen molar-refractivity contribution in [2.24, 2.45) is 0 Å². The molecule has 1 unspecified atom stereocenters. The Labute approximate surface area is 261 Å². The van der Waals surface area contributed by atoms with Crippen LogP contribution in [0, 0.1) is 0 Å². The van der Waals surface area contributed by atoms with Crippen LogP contribution in [0.15, 0.2) is 77.7 Å². The van der Waals surface area contributed by atoms with Gasteiger partial charge < -0.3 is 25.5 Å². The maximum absolute atomic E-state index is 14.2. The van der Waals surface area contributed by atoms with Crippen molar-refractivity contribution in [1.29, 1.82) is 0 Å². The van der Waals surface area contributed by atoms with E-state index in [-0.39, 0.29) is 42.2 Å². The van der Waals surface area contributed by atoms with E-state index in [4.69, 9.17) is 0 Å². The maximum Gasteiger partial charge on any atom is 0.332 e. The summed E-state index contributed by atoms with van der Waals surface area (Å²) in [6.07, 6.45) is -0.234. The molecule has 3 atom stereocenters. The Morgan fingerprint density at radius 1 is 1.00 bits per heavy atom. The summed E-state index contributed by atoms with van der Waals surface area (Å²) in [7, 11) is 5.69. The van der Waals surface area contributed by atoms with Gasteiger partial charge in [-0.2, -0.15) is 5.01 Å². The third kappa shape index (κ3) is 5.92. The van der Waals surface area contributed by atoms with Crippen LogP contribution in [0.2, 0.25) is 0 Å². The third-order valence-electron chi connectivity index (χ3n) is 8.35. The van der Waals surface area contributed by atoms with Gasteiger partial charge in [-0.1, -0.05) is 66.4 Å². The van der Waals surface area contributed by atoms with Crippen molar-refractivity contribution < 1.29 is 19.5 Å².